The van der Waals surface area contributed by atoms with Crippen molar-refractivity contribution in [2.75, 3.05) is 13.1 Å². The Labute approximate surface area is 108 Å². The summed E-state index contributed by atoms with van der Waals surface area (Å²) in [4.78, 5) is 24.1. The molecule has 0 saturated heterocycles. The fourth-order valence-electron chi connectivity index (χ4n) is 1.69. The van der Waals surface area contributed by atoms with Crippen molar-refractivity contribution in [2.45, 2.75) is 0 Å². The number of carboxylic acids is 1. The van der Waals surface area contributed by atoms with Gasteiger partial charge >= 0.3 is 5.97 Å². The number of benzene rings is 1. The molecular weight excluding hydrogens is 248 g/mol. The van der Waals surface area contributed by atoms with Gasteiger partial charge in [-0.25, -0.2) is 0 Å². The molecule has 0 radical (unpaired) electrons. The summed E-state index contributed by atoms with van der Waals surface area (Å²) in [6.45, 7) is 3.31. The third kappa shape index (κ3) is 2.76. The van der Waals surface area contributed by atoms with Crippen LogP contribution in [0.15, 0.2) is 30.9 Å². The van der Waals surface area contributed by atoms with Gasteiger partial charge in [-0.3, -0.25) is 9.59 Å². The molecule has 1 heterocycles. The number of aliphatic carboxylic acids is 1. The molecule has 0 spiro atoms. The normalized spacial score (nSPS) is 10.3. The van der Waals surface area contributed by atoms with Crippen LogP contribution in [0.4, 0.5) is 0 Å². The Morgan fingerprint density at radius 2 is 2.11 bits per heavy atom. The van der Waals surface area contributed by atoms with Gasteiger partial charge in [0.05, 0.1) is 0 Å². The minimum absolute atomic E-state index is 0.169. The molecule has 0 fully saturated rings. The van der Waals surface area contributed by atoms with E-state index < -0.39 is 5.97 Å². The van der Waals surface area contributed by atoms with Crippen LogP contribution in [0.25, 0.3) is 11.0 Å². The van der Waals surface area contributed by atoms with Crippen molar-refractivity contribution in [3.8, 4) is 0 Å². The van der Waals surface area contributed by atoms with Crippen molar-refractivity contribution in [1.29, 1.82) is 0 Å². The number of carbonyl (C=O) groups is 2. The third-order valence-electron chi connectivity index (χ3n) is 2.53. The number of rotatable bonds is 5. The zero-order chi connectivity index (χ0) is 13.8. The highest BCUT2D eigenvalue weighted by Gasteiger charge is 2.18. The number of fused-ring (bicyclic) bond motifs is 1. The van der Waals surface area contributed by atoms with Crippen LogP contribution in [-0.4, -0.2) is 50.4 Å². The largest absolute Gasteiger partial charge is 0.480 e. The lowest BCUT2D eigenvalue weighted by molar-refractivity contribution is -0.137. The highest BCUT2D eigenvalue weighted by molar-refractivity contribution is 5.98. The van der Waals surface area contributed by atoms with Gasteiger partial charge in [0.15, 0.2) is 0 Å². The first-order valence-corrected chi connectivity index (χ1v) is 5.54. The van der Waals surface area contributed by atoms with Crippen LogP contribution in [0.2, 0.25) is 0 Å². The summed E-state index contributed by atoms with van der Waals surface area (Å²) < 4.78 is 0. The predicted octanol–water partition coefficient (Wildman–Crippen LogP) is 0.671. The third-order valence-corrected chi connectivity index (χ3v) is 2.53. The fourth-order valence-corrected chi connectivity index (χ4v) is 1.69. The van der Waals surface area contributed by atoms with Gasteiger partial charge in [0, 0.05) is 12.1 Å². The Bertz CT molecular complexity index is 635. The maximum absolute atomic E-state index is 12.2. The molecule has 0 aliphatic heterocycles. The number of nitrogens with one attached hydrogen (secondary N) is 1. The van der Waals surface area contributed by atoms with E-state index in [4.69, 9.17) is 5.11 Å². The van der Waals surface area contributed by atoms with Crippen LogP contribution in [0.3, 0.4) is 0 Å². The topological polar surface area (TPSA) is 99.2 Å². The first kappa shape index (κ1) is 12.7. The number of H-pyrrole nitrogens is 1. The molecule has 2 aromatic rings. The van der Waals surface area contributed by atoms with Crippen molar-refractivity contribution in [1.82, 2.24) is 20.3 Å². The monoisotopic (exact) mass is 260 g/mol. The molecule has 0 unspecified atom stereocenters. The van der Waals surface area contributed by atoms with E-state index in [0.29, 0.717) is 16.6 Å². The number of aromatic nitrogens is 3. The van der Waals surface area contributed by atoms with Crippen molar-refractivity contribution >= 4 is 22.9 Å². The predicted molar refractivity (Wildman–Crippen MR) is 67.6 cm³/mol. The minimum atomic E-state index is -1.07. The Morgan fingerprint density at radius 1 is 1.37 bits per heavy atom. The van der Waals surface area contributed by atoms with Crippen molar-refractivity contribution in [3.63, 3.8) is 0 Å². The van der Waals surface area contributed by atoms with Gasteiger partial charge in [0.1, 0.15) is 17.6 Å². The lowest BCUT2D eigenvalue weighted by atomic mass is 10.1. The molecule has 2 rings (SSSR count). The number of amides is 1. The van der Waals surface area contributed by atoms with Crippen LogP contribution in [0.5, 0.6) is 0 Å². The van der Waals surface area contributed by atoms with E-state index in [2.05, 4.69) is 22.0 Å². The minimum Gasteiger partial charge on any atom is -0.480 e. The number of carbonyl (C=O) groups excluding carboxylic acids is 1. The van der Waals surface area contributed by atoms with E-state index in [1.807, 2.05) is 0 Å². The van der Waals surface area contributed by atoms with E-state index in [1.165, 1.54) is 11.0 Å². The maximum atomic E-state index is 12.2. The molecule has 7 heteroatoms. The van der Waals surface area contributed by atoms with E-state index in [-0.39, 0.29) is 19.0 Å². The quantitative estimate of drug-likeness (QED) is 0.770. The molecule has 0 aliphatic carbocycles. The van der Waals surface area contributed by atoms with Crippen molar-refractivity contribution in [2.24, 2.45) is 0 Å². The van der Waals surface area contributed by atoms with Gasteiger partial charge < -0.3 is 10.0 Å². The fraction of sp³-hybridized carbons (Fsp3) is 0.167. The lowest BCUT2D eigenvalue weighted by Gasteiger charge is -2.18. The summed E-state index contributed by atoms with van der Waals surface area (Å²) >= 11 is 0. The second-order valence-electron chi connectivity index (χ2n) is 3.90. The Hall–Kier alpha value is -2.70. The summed E-state index contributed by atoms with van der Waals surface area (Å²) in [7, 11) is 0. The summed E-state index contributed by atoms with van der Waals surface area (Å²) in [5.41, 5.74) is 1.56. The van der Waals surface area contributed by atoms with Gasteiger partial charge in [-0.15, -0.1) is 6.58 Å². The zero-order valence-electron chi connectivity index (χ0n) is 10.0. The van der Waals surface area contributed by atoms with Crippen LogP contribution < -0.4 is 0 Å². The Balaban J connectivity index is 2.28. The second-order valence-corrected chi connectivity index (χ2v) is 3.90. The van der Waals surface area contributed by atoms with Gasteiger partial charge in [-0.2, -0.15) is 15.4 Å². The van der Waals surface area contributed by atoms with Crippen LogP contribution in [0.1, 0.15) is 10.4 Å². The Morgan fingerprint density at radius 3 is 2.79 bits per heavy atom. The van der Waals surface area contributed by atoms with Crippen LogP contribution in [-0.2, 0) is 4.79 Å². The molecule has 0 bridgehead atoms. The first-order valence-electron chi connectivity index (χ1n) is 5.54. The summed E-state index contributed by atoms with van der Waals surface area (Å²) in [6, 6.07) is 4.81. The molecule has 0 saturated carbocycles. The second kappa shape index (κ2) is 5.30. The smallest absolute Gasteiger partial charge is 0.323 e. The van der Waals surface area contributed by atoms with E-state index in [0.717, 1.165) is 0 Å². The molecule has 19 heavy (non-hydrogen) atoms. The molecule has 1 aromatic carbocycles. The maximum Gasteiger partial charge on any atom is 0.323 e. The standard InChI is InChI=1S/C12H12N4O3/c1-2-5-16(7-11(17)18)12(19)8-3-4-9-10(6-8)14-15-13-9/h2-4,6H,1,5,7H2,(H,17,18)(H,13,14,15). The SMILES string of the molecule is C=CCN(CC(=O)O)C(=O)c1ccc2n[nH]nc2c1. The number of nitrogens with zero attached hydrogens (tertiary/aromatic N) is 3. The van der Waals surface area contributed by atoms with Crippen LogP contribution in [0, 0.1) is 0 Å². The zero-order valence-corrected chi connectivity index (χ0v) is 10.0. The van der Waals surface area contributed by atoms with Gasteiger partial charge in [-0.1, -0.05) is 6.08 Å². The highest BCUT2D eigenvalue weighted by atomic mass is 16.4. The van der Waals surface area contributed by atoms with Gasteiger partial charge in [-0.05, 0) is 18.2 Å². The average molecular weight is 260 g/mol. The van der Waals surface area contributed by atoms with Crippen molar-refractivity contribution < 1.29 is 14.7 Å². The molecule has 0 aliphatic rings. The molecule has 7 nitrogen and oxygen atoms in total. The summed E-state index contributed by atoms with van der Waals surface area (Å²) in [5, 5.41) is 19.0. The molecule has 98 valence electrons. The van der Waals surface area contributed by atoms with E-state index >= 15 is 0 Å². The van der Waals surface area contributed by atoms with Crippen molar-refractivity contribution in [3.05, 3.63) is 36.4 Å². The molecule has 1 aromatic heterocycles. The molecule has 0 atom stereocenters. The molecular formula is C12H12N4O3. The van der Waals surface area contributed by atoms with E-state index in [9.17, 15) is 9.59 Å². The summed E-state index contributed by atoms with van der Waals surface area (Å²) in [6.07, 6.45) is 1.48. The number of carboxylic acid groups (broad SMARTS) is 1. The van der Waals surface area contributed by atoms with Gasteiger partial charge in [0.25, 0.3) is 5.91 Å². The first-order chi connectivity index (χ1) is 9.11. The summed E-state index contributed by atoms with van der Waals surface area (Å²) in [5.74, 6) is -1.45. The average Bonchev–Trinajstić information content (AvgIpc) is 2.84. The number of hydrogen-bond acceptors (Lipinski definition) is 4. The Kier molecular flexibility index (Phi) is 3.56. The molecule has 2 N–H and O–H groups in total. The molecule has 1 amide bonds. The van der Waals surface area contributed by atoms with Gasteiger partial charge in [0.2, 0.25) is 0 Å². The lowest BCUT2D eigenvalue weighted by Crippen LogP contribution is -2.35. The number of aromatic amines is 1. The number of hydrogen-bond donors (Lipinski definition) is 2. The van der Waals surface area contributed by atoms with E-state index in [1.54, 1.807) is 18.2 Å². The van der Waals surface area contributed by atoms with Crippen LogP contribution >= 0.6 is 0 Å². The highest BCUT2D eigenvalue weighted by Crippen LogP contribution is 2.12.